The van der Waals surface area contributed by atoms with Crippen molar-refractivity contribution in [2.24, 2.45) is 50.2 Å². The van der Waals surface area contributed by atoms with Crippen LogP contribution in [0.4, 0.5) is 0 Å². The zero-order chi connectivity index (χ0) is 61.0. The number of ether oxygens (including phenoxy) is 9. The van der Waals surface area contributed by atoms with E-state index in [1.807, 2.05) is 13.8 Å². The quantitative estimate of drug-likeness (QED) is 0.0413. The molecule has 0 amide bonds. The molecule has 8 fully saturated rings. The minimum atomic E-state index is -2.26. The number of aliphatic hydroxyl groups excluding tert-OH is 13. The Morgan fingerprint density at radius 2 is 1.24 bits per heavy atom. The van der Waals surface area contributed by atoms with Crippen molar-refractivity contribution in [3.05, 3.63) is 23.3 Å². The van der Waals surface area contributed by atoms with Crippen LogP contribution in [0.1, 0.15) is 114 Å². The lowest BCUT2D eigenvalue weighted by Gasteiger charge is -2.72. The molecule has 0 spiro atoms. The van der Waals surface area contributed by atoms with Crippen LogP contribution in [0.15, 0.2) is 23.3 Å². The Hall–Kier alpha value is -2.42. The van der Waals surface area contributed by atoms with Gasteiger partial charge in [-0.25, -0.2) is 9.59 Å². The normalized spacial score (nSPS) is 51.5. The number of rotatable bonds is 14. The van der Waals surface area contributed by atoms with Crippen molar-refractivity contribution in [1.82, 2.24) is 0 Å². The molecule has 14 N–H and O–H groups in total. The number of aliphatic hydroxyl groups is 13. The van der Waals surface area contributed by atoms with E-state index in [4.69, 9.17) is 42.6 Å². The van der Waals surface area contributed by atoms with Crippen LogP contribution in [-0.2, 0) is 52.2 Å². The molecule has 4 saturated carbocycles. The van der Waals surface area contributed by atoms with Gasteiger partial charge in [0.25, 0.3) is 0 Å². The number of fused-ring (bicyclic) bond motifs is 7. The lowest BCUT2D eigenvalue weighted by Crippen LogP contribution is -2.70. The van der Waals surface area contributed by atoms with Crippen molar-refractivity contribution in [3.8, 4) is 0 Å². The molecule has 474 valence electrons. The Labute approximate surface area is 483 Å². The summed E-state index contributed by atoms with van der Waals surface area (Å²) in [5, 5.41) is 154. The van der Waals surface area contributed by atoms with Crippen LogP contribution >= 0.6 is 0 Å². The van der Waals surface area contributed by atoms with E-state index in [1.54, 1.807) is 19.9 Å². The molecular formula is C58H92O25. The standard InChI is InChI=1S/C58H92O25/c1-10-24(2)48(74)78-34-19-53(3,4)17-26-25-11-12-31-55(7)15-14-33(54(5,6)30(55)13-16-56(31,8)57(25,9)18-32(63)58(26,34)23-61)79-52-46(83-50-41(70)38(67)36(65)28(20-59)76-50)43(42(71)44(81-52)47(72)73)80-51-45(39(68)37(66)29(21-60)77-51)82-49-40(69)35(64)27(62)22-75-49/h10-11,26-46,49-52,59-71H,12-23H2,1-9H3,(H,72,73)/b24-10+/t26-,27+,28+,29+,30-,31+,32+,33-,34-,35-,36+,37+,38-,39-,40+,41+,42-,43-,44-,45+,46+,49-,50-,51-,52+,55-,56+,57+,58-/m0/s1. The molecule has 25 nitrogen and oxygen atoms in total. The van der Waals surface area contributed by atoms with Crippen LogP contribution in [0, 0.1) is 50.2 Å². The highest BCUT2D eigenvalue weighted by Gasteiger charge is 2.72. The van der Waals surface area contributed by atoms with Gasteiger partial charge in [-0.15, -0.1) is 0 Å². The van der Waals surface area contributed by atoms with Crippen molar-refractivity contribution in [2.75, 3.05) is 26.4 Å². The molecule has 0 aromatic rings. The number of hydrogen-bond donors (Lipinski definition) is 14. The zero-order valence-electron chi connectivity index (χ0n) is 48.8. The topological polar surface area (TPSA) is 400 Å². The fourth-order valence-electron chi connectivity index (χ4n) is 17.1. The SMILES string of the molecule is C/C=C(\C)C(=O)O[C@H]1CC(C)(C)C[C@H]2C3=CC[C@@H]4[C@@]5(C)CC[C@H](O[C@@H]6O[C@H](C(=O)O)[C@@H](O)[C@H](O[C@@H]7O[C@H](CO)[C@@H](O)[C@H](O)[C@H]7O[C@@H]7OC[C@@H](O)[C@H](O)[C@H]7O)[C@H]6O[C@@H]6O[C@H](CO)[C@@H](O)[C@H](O)[C@H]6O)C(C)(C)[C@@H]5CC[C@@]4(C)[C@]3(C)C[C@@H](O)[C@@]12CO. The minimum absolute atomic E-state index is 0.0485. The van der Waals surface area contributed by atoms with Gasteiger partial charge in [-0.05, 0) is 110 Å². The highest BCUT2D eigenvalue weighted by molar-refractivity contribution is 5.87. The third-order valence-corrected chi connectivity index (χ3v) is 22.1. The number of esters is 1. The average Bonchev–Trinajstić information content (AvgIpc) is 0.779. The number of carbonyl (C=O) groups is 2. The summed E-state index contributed by atoms with van der Waals surface area (Å²) in [6, 6.07) is 0. The van der Waals surface area contributed by atoms with E-state index in [0.29, 0.717) is 56.9 Å². The summed E-state index contributed by atoms with van der Waals surface area (Å²) in [5.41, 5.74) is -1.93. The van der Waals surface area contributed by atoms with Gasteiger partial charge in [0, 0.05) is 5.57 Å². The van der Waals surface area contributed by atoms with Gasteiger partial charge in [0.1, 0.15) is 91.6 Å². The lowest BCUT2D eigenvalue weighted by atomic mass is 9.33. The number of allylic oxidation sites excluding steroid dienone is 3. The van der Waals surface area contributed by atoms with Gasteiger partial charge in [-0.3, -0.25) is 0 Å². The average molecular weight is 1190 g/mol. The third-order valence-electron chi connectivity index (χ3n) is 22.1. The first-order chi connectivity index (χ1) is 38.8. The van der Waals surface area contributed by atoms with Crippen molar-refractivity contribution < 1.29 is 124 Å². The van der Waals surface area contributed by atoms with Crippen molar-refractivity contribution in [3.63, 3.8) is 0 Å². The molecular weight excluding hydrogens is 1100 g/mol. The van der Waals surface area contributed by atoms with Crippen molar-refractivity contribution in [2.45, 2.75) is 249 Å². The molecule has 9 rings (SSSR count). The summed E-state index contributed by atoms with van der Waals surface area (Å²) in [6.45, 7) is 15.9. The van der Waals surface area contributed by atoms with Gasteiger partial charge in [-0.2, -0.15) is 0 Å². The molecule has 29 atom stereocenters. The Morgan fingerprint density at radius 3 is 1.87 bits per heavy atom. The van der Waals surface area contributed by atoms with Crippen LogP contribution in [0.2, 0.25) is 0 Å². The van der Waals surface area contributed by atoms with Crippen LogP contribution in [0.3, 0.4) is 0 Å². The van der Waals surface area contributed by atoms with E-state index in [0.717, 1.165) is 0 Å². The minimum Gasteiger partial charge on any atom is -0.479 e. The molecule has 9 aliphatic rings. The predicted octanol–water partition coefficient (Wildman–Crippen LogP) is -1.37. The first-order valence-corrected chi connectivity index (χ1v) is 29.4. The Bertz CT molecular complexity index is 2390. The second-order valence-electron chi connectivity index (χ2n) is 27.5. The van der Waals surface area contributed by atoms with E-state index in [1.165, 1.54) is 5.57 Å². The highest BCUT2D eigenvalue weighted by Crippen LogP contribution is 2.76. The summed E-state index contributed by atoms with van der Waals surface area (Å²) in [5.74, 6) is -2.53. The monoisotopic (exact) mass is 1190 g/mol. The number of carbonyl (C=O) groups excluding carboxylic acids is 1. The van der Waals surface area contributed by atoms with Gasteiger partial charge in [0.15, 0.2) is 31.3 Å². The molecule has 4 saturated heterocycles. The summed E-state index contributed by atoms with van der Waals surface area (Å²) in [4.78, 5) is 26.6. The van der Waals surface area contributed by atoms with E-state index in [-0.39, 0.29) is 40.6 Å². The Kier molecular flexibility index (Phi) is 18.7. The van der Waals surface area contributed by atoms with Crippen LogP contribution in [-0.4, -0.2) is 245 Å². The predicted molar refractivity (Wildman–Crippen MR) is 283 cm³/mol. The van der Waals surface area contributed by atoms with E-state index in [2.05, 4.69) is 40.7 Å². The van der Waals surface area contributed by atoms with Gasteiger partial charge in [0.05, 0.1) is 44.1 Å². The maximum absolute atomic E-state index is 13.4. The largest absolute Gasteiger partial charge is 0.479 e. The lowest BCUT2D eigenvalue weighted by molar-refractivity contribution is -0.405. The molecule has 5 aliphatic carbocycles. The summed E-state index contributed by atoms with van der Waals surface area (Å²) >= 11 is 0. The van der Waals surface area contributed by atoms with Crippen LogP contribution < -0.4 is 0 Å². The molecule has 4 heterocycles. The molecule has 0 aromatic carbocycles. The second kappa shape index (κ2) is 23.8. The Morgan fingerprint density at radius 1 is 0.639 bits per heavy atom. The number of carboxylic acid groups (broad SMARTS) is 1. The van der Waals surface area contributed by atoms with E-state index < -0.39 is 183 Å². The molecule has 0 aromatic heterocycles. The molecule has 0 bridgehead atoms. The molecule has 0 radical (unpaired) electrons. The van der Waals surface area contributed by atoms with E-state index in [9.17, 15) is 81.1 Å². The number of aliphatic carboxylic acids is 1. The fraction of sp³-hybridized carbons (Fsp3) is 0.897. The maximum Gasteiger partial charge on any atom is 0.335 e. The zero-order valence-corrected chi connectivity index (χ0v) is 48.8. The van der Waals surface area contributed by atoms with Gasteiger partial charge >= 0.3 is 11.9 Å². The van der Waals surface area contributed by atoms with Gasteiger partial charge < -0.3 is 114 Å². The van der Waals surface area contributed by atoms with E-state index >= 15 is 0 Å². The second-order valence-corrected chi connectivity index (χ2v) is 27.5. The van der Waals surface area contributed by atoms with Crippen LogP contribution in [0.25, 0.3) is 0 Å². The maximum atomic E-state index is 13.4. The smallest absolute Gasteiger partial charge is 0.335 e. The highest BCUT2D eigenvalue weighted by atomic mass is 16.8. The fourth-order valence-corrected chi connectivity index (χ4v) is 17.1. The third kappa shape index (κ3) is 10.8. The molecule has 25 heteroatoms. The first kappa shape index (κ1) is 65.0. The number of carboxylic acids is 1. The summed E-state index contributed by atoms with van der Waals surface area (Å²) in [6.07, 6.45) is -30.5. The van der Waals surface area contributed by atoms with Gasteiger partial charge in [0.2, 0.25) is 0 Å². The Balaban J connectivity index is 1.04. The number of hydrogen-bond acceptors (Lipinski definition) is 24. The van der Waals surface area contributed by atoms with Crippen molar-refractivity contribution >= 4 is 11.9 Å². The molecule has 4 aliphatic heterocycles. The first-order valence-electron chi connectivity index (χ1n) is 29.4. The molecule has 83 heavy (non-hydrogen) atoms. The summed E-state index contributed by atoms with van der Waals surface area (Å²) in [7, 11) is 0. The molecule has 0 unspecified atom stereocenters. The van der Waals surface area contributed by atoms with Crippen molar-refractivity contribution in [1.29, 1.82) is 0 Å². The van der Waals surface area contributed by atoms with Crippen LogP contribution in [0.5, 0.6) is 0 Å². The van der Waals surface area contributed by atoms with Gasteiger partial charge in [-0.1, -0.05) is 66.2 Å². The summed E-state index contributed by atoms with van der Waals surface area (Å²) < 4.78 is 55.0.